The van der Waals surface area contributed by atoms with Gasteiger partial charge in [-0.1, -0.05) is 54.1 Å². The van der Waals surface area contributed by atoms with Gasteiger partial charge in [-0.25, -0.2) is 13.4 Å². The Balaban J connectivity index is 1.56. The number of carbonyl (C=O) groups is 1. The summed E-state index contributed by atoms with van der Waals surface area (Å²) < 4.78 is 33.5. The fraction of sp³-hybridized carbons (Fsp3) is 0.185. The number of hydrogen-bond donors (Lipinski definition) is 1. The van der Waals surface area contributed by atoms with Crippen molar-refractivity contribution < 1.29 is 17.9 Å². The number of thiazole rings is 1. The molecule has 192 valence electrons. The number of methoxy groups -OCH3 is 1. The van der Waals surface area contributed by atoms with E-state index in [4.69, 9.17) is 16.3 Å². The highest BCUT2D eigenvalue weighted by Gasteiger charge is 2.27. The molecule has 1 amide bonds. The summed E-state index contributed by atoms with van der Waals surface area (Å²) in [6.07, 6.45) is 0.440. The number of halogens is 1. The molecule has 0 fully saturated rings. The molecule has 1 heterocycles. The molecule has 0 bridgehead atoms. The summed E-state index contributed by atoms with van der Waals surface area (Å²) in [7, 11) is -2.58. The lowest BCUT2D eigenvalue weighted by molar-refractivity contribution is -0.116. The second-order valence-electron chi connectivity index (χ2n) is 8.25. The number of amides is 1. The van der Waals surface area contributed by atoms with E-state index in [0.29, 0.717) is 17.9 Å². The molecule has 0 spiro atoms. The quantitative estimate of drug-likeness (QED) is 0.273. The third-order valence-electron chi connectivity index (χ3n) is 5.63. The van der Waals surface area contributed by atoms with Gasteiger partial charge in [0.05, 0.1) is 34.3 Å². The van der Waals surface area contributed by atoms with Crippen LogP contribution in [0.25, 0.3) is 11.3 Å². The van der Waals surface area contributed by atoms with E-state index < -0.39 is 15.9 Å². The molecule has 37 heavy (non-hydrogen) atoms. The zero-order valence-corrected chi connectivity index (χ0v) is 22.7. The normalized spacial score (nSPS) is 11.5. The summed E-state index contributed by atoms with van der Waals surface area (Å²) in [6, 6.07) is 21.1. The van der Waals surface area contributed by atoms with Crippen LogP contribution in [0.2, 0.25) is 5.02 Å². The summed E-state index contributed by atoms with van der Waals surface area (Å²) in [4.78, 5) is 17.5. The molecule has 0 saturated heterocycles. The first-order valence-corrected chi connectivity index (χ1v) is 14.2. The SMILES string of the molecule is COc1ccc(S(=O)(=O)N(CCc2ccccc2)CC(=O)Nc2cccc(-c3csc(C)n3)c2)cc1Cl. The van der Waals surface area contributed by atoms with Crippen molar-refractivity contribution in [1.82, 2.24) is 9.29 Å². The molecular weight excluding hydrogens is 530 g/mol. The molecule has 0 radical (unpaired) electrons. The van der Waals surface area contributed by atoms with Crippen molar-refractivity contribution in [2.75, 3.05) is 25.5 Å². The minimum Gasteiger partial charge on any atom is -0.495 e. The number of nitrogens with one attached hydrogen (secondary N) is 1. The van der Waals surface area contributed by atoms with Gasteiger partial charge in [-0.05, 0) is 49.2 Å². The number of sulfonamides is 1. The van der Waals surface area contributed by atoms with Crippen molar-refractivity contribution in [3.63, 3.8) is 0 Å². The highest BCUT2D eigenvalue weighted by molar-refractivity contribution is 7.89. The van der Waals surface area contributed by atoms with Gasteiger partial charge in [0.25, 0.3) is 0 Å². The van der Waals surface area contributed by atoms with Crippen LogP contribution in [0, 0.1) is 6.92 Å². The first kappa shape index (κ1) is 26.8. The van der Waals surface area contributed by atoms with Crippen LogP contribution >= 0.6 is 22.9 Å². The predicted molar refractivity (Wildman–Crippen MR) is 148 cm³/mol. The summed E-state index contributed by atoms with van der Waals surface area (Å²) in [5.74, 6) is -0.0905. The molecule has 0 aliphatic rings. The van der Waals surface area contributed by atoms with E-state index in [1.54, 1.807) is 17.4 Å². The van der Waals surface area contributed by atoms with Crippen molar-refractivity contribution in [1.29, 1.82) is 0 Å². The first-order chi connectivity index (χ1) is 17.8. The smallest absolute Gasteiger partial charge is 0.243 e. The van der Waals surface area contributed by atoms with Crippen LogP contribution in [0.4, 0.5) is 5.69 Å². The number of carbonyl (C=O) groups excluding carboxylic acids is 1. The van der Waals surface area contributed by atoms with Crippen LogP contribution in [-0.4, -0.2) is 43.8 Å². The highest BCUT2D eigenvalue weighted by atomic mass is 35.5. The minimum atomic E-state index is -4.03. The first-order valence-electron chi connectivity index (χ1n) is 11.5. The molecule has 0 aliphatic carbocycles. The lowest BCUT2D eigenvalue weighted by Gasteiger charge is -2.22. The molecule has 1 N–H and O–H groups in total. The maximum Gasteiger partial charge on any atom is 0.243 e. The van der Waals surface area contributed by atoms with Crippen molar-refractivity contribution in [3.05, 3.63) is 93.8 Å². The van der Waals surface area contributed by atoms with E-state index in [0.717, 1.165) is 21.8 Å². The zero-order valence-electron chi connectivity index (χ0n) is 20.3. The van der Waals surface area contributed by atoms with Gasteiger partial charge < -0.3 is 10.1 Å². The Bertz CT molecular complexity index is 1490. The van der Waals surface area contributed by atoms with E-state index >= 15 is 0 Å². The van der Waals surface area contributed by atoms with Gasteiger partial charge in [-0.2, -0.15) is 4.31 Å². The molecule has 4 aromatic rings. The summed E-state index contributed by atoms with van der Waals surface area (Å²) in [5.41, 5.74) is 3.20. The number of rotatable bonds is 10. The zero-order chi connectivity index (χ0) is 26.4. The standard InChI is InChI=1S/C27H26ClN3O4S2/c1-19-29-25(18-36-19)21-9-6-10-22(15-21)30-27(32)17-31(14-13-20-7-4-3-5-8-20)37(33,34)23-11-12-26(35-2)24(28)16-23/h3-12,15-16,18H,13-14,17H2,1-2H3,(H,30,32). The van der Waals surface area contributed by atoms with Crippen LogP contribution in [0.1, 0.15) is 10.6 Å². The molecule has 0 unspecified atom stereocenters. The van der Waals surface area contributed by atoms with Crippen LogP contribution in [-0.2, 0) is 21.2 Å². The van der Waals surface area contributed by atoms with Gasteiger partial charge in [0.15, 0.2) is 0 Å². The molecule has 10 heteroatoms. The molecule has 4 rings (SSSR count). The number of nitrogens with zero attached hydrogens (tertiary/aromatic N) is 2. The van der Waals surface area contributed by atoms with E-state index in [-0.39, 0.29) is 23.0 Å². The third kappa shape index (κ3) is 6.75. The number of aryl methyl sites for hydroxylation is 1. The van der Waals surface area contributed by atoms with Crippen molar-refractivity contribution in [3.8, 4) is 17.0 Å². The molecule has 1 aromatic heterocycles. The van der Waals surface area contributed by atoms with E-state index in [1.807, 2.05) is 60.8 Å². The van der Waals surface area contributed by atoms with E-state index in [2.05, 4.69) is 10.3 Å². The maximum atomic E-state index is 13.6. The third-order valence-corrected chi connectivity index (χ3v) is 8.54. The molecule has 0 saturated carbocycles. The molecule has 0 aliphatic heterocycles. The van der Waals surface area contributed by atoms with Crippen molar-refractivity contribution in [2.24, 2.45) is 0 Å². The largest absolute Gasteiger partial charge is 0.495 e. The van der Waals surface area contributed by atoms with Crippen LogP contribution in [0.3, 0.4) is 0 Å². The van der Waals surface area contributed by atoms with Gasteiger partial charge in [0.2, 0.25) is 15.9 Å². The Kier molecular flexibility index (Phi) is 8.60. The Morgan fingerprint density at radius 3 is 2.54 bits per heavy atom. The molecular formula is C27H26ClN3O4S2. The number of ether oxygens (including phenoxy) is 1. The van der Waals surface area contributed by atoms with Gasteiger partial charge in [-0.3, -0.25) is 4.79 Å². The number of aromatic nitrogens is 1. The van der Waals surface area contributed by atoms with Crippen LogP contribution in [0.15, 0.2) is 83.1 Å². The molecule has 3 aromatic carbocycles. The fourth-order valence-corrected chi connectivity index (χ4v) is 6.12. The van der Waals surface area contributed by atoms with Crippen LogP contribution in [0.5, 0.6) is 5.75 Å². The average Bonchev–Trinajstić information content (AvgIpc) is 3.33. The lowest BCUT2D eigenvalue weighted by Crippen LogP contribution is -2.39. The number of anilines is 1. The van der Waals surface area contributed by atoms with E-state index in [1.165, 1.54) is 29.6 Å². The van der Waals surface area contributed by atoms with Gasteiger partial charge in [-0.15, -0.1) is 11.3 Å². The van der Waals surface area contributed by atoms with Crippen molar-refractivity contribution >= 4 is 44.6 Å². The fourth-order valence-electron chi connectivity index (χ4n) is 3.75. The Morgan fingerprint density at radius 2 is 1.86 bits per heavy atom. The topological polar surface area (TPSA) is 88.6 Å². The van der Waals surface area contributed by atoms with Gasteiger partial charge >= 0.3 is 0 Å². The highest BCUT2D eigenvalue weighted by Crippen LogP contribution is 2.29. The Labute approximate surface area is 225 Å². The second kappa shape index (κ2) is 11.9. The van der Waals surface area contributed by atoms with E-state index in [9.17, 15) is 13.2 Å². The average molecular weight is 556 g/mol. The Morgan fingerprint density at radius 1 is 1.08 bits per heavy atom. The Hall–Kier alpha value is -3.24. The maximum absolute atomic E-state index is 13.6. The number of hydrogen-bond acceptors (Lipinski definition) is 6. The second-order valence-corrected chi connectivity index (χ2v) is 11.7. The van der Waals surface area contributed by atoms with Gasteiger partial charge in [0.1, 0.15) is 5.75 Å². The monoisotopic (exact) mass is 555 g/mol. The number of benzene rings is 3. The molecule has 0 atom stereocenters. The molecule has 7 nitrogen and oxygen atoms in total. The summed E-state index contributed by atoms with van der Waals surface area (Å²) in [5, 5.41) is 5.90. The van der Waals surface area contributed by atoms with Crippen molar-refractivity contribution in [2.45, 2.75) is 18.2 Å². The lowest BCUT2D eigenvalue weighted by atomic mass is 10.1. The summed E-state index contributed by atoms with van der Waals surface area (Å²) >= 11 is 7.75. The summed E-state index contributed by atoms with van der Waals surface area (Å²) in [6.45, 7) is 1.68. The minimum absolute atomic E-state index is 0.0138. The van der Waals surface area contributed by atoms with Gasteiger partial charge in [0, 0.05) is 23.2 Å². The van der Waals surface area contributed by atoms with Crippen LogP contribution < -0.4 is 10.1 Å². The predicted octanol–water partition coefficient (Wildman–Crippen LogP) is 5.65.